The molecule has 25 heavy (non-hydrogen) atoms. The van der Waals surface area contributed by atoms with Gasteiger partial charge in [-0.25, -0.2) is 4.98 Å². The molecule has 0 saturated carbocycles. The number of carbonyl (C=O) groups excluding carboxylic acids is 1. The maximum Gasteiger partial charge on any atom is 0.256 e. The number of carbonyl (C=O) groups is 1. The molecule has 1 heterocycles. The highest BCUT2D eigenvalue weighted by Gasteiger charge is 2.33. The van der Waals surface area contributed by atoms with Crippen molar-refractivity contribution in [2.24, 2.45) is 0 Å². The van der Waals surface area contributed by atoms with Gasteiger partial charge in [-0.3, -0.25) is 4.79 Å². The van der Waals surface area contributed by atoms with Crippen molar-refractivity contribution in [1.29, 1.82) is 0 Å². The molecule has 0 spiro atoms. The van der Waals surface area contributed by atoms with Gasteiger partial charge in [0.25, 0.3) is 5.91 Å². The van der Waals surface area contributed by atoms with E-state index in [1.165, 1.54) is 0 Å². The predicted molar refractivity (Wildman–Crippen MR) is 99.0 cm³/mol. The van der Waals surface area contributed by atoms with Crippen LogP contribution in [-0.4, -0.2) is 42.9 Å². The maximum absolute atomic E-state index is 12.7. The minimum Gasteiger partial charge on any atom is -0.475 e. The summed E-state index contributed by atoms with van der Waals surface area (Å²) in [5, 5.41) is 2.90. The average molecular weight is 352 g/mol. The molecule has 0 aromatic carbocycles. The first-order valence-electron chi connectivity index (χ1n) is 9.17. The number of pyridine rings is 1. The molecule has 0 aliphatic rings. The molecule has 142 valence electrons. The summed E-state index contributed by atoms with van der Waals surface area (Å²) in [6.07, 6.45) is 5.13. The minimum atomic E-state index is -0.821. The van der Waals surface area contributed by atoms with Crippen molar-refractivity contribution in [3.63, 3.8) is 0 Å². The summed E-state index contributed by atoms with van der Waals surface area (Å²) in [6, 6.07) is 3.51. The van der Waals surface area contributed by atoms with Gasteiger partial charge in [-0.1, -0.05) is 26.7 Å². The van der Waals surface area contributed by atoms with E-state index in [1.54, 1.807) is 18.3 Å². The maximum atomic E-state index is 12.7. The van der Waals surface area contributed by atoms with Crippen molar-refractivity contribution >= 4 is 11.6 Å². The summed E-state index contributed by atoms with van der Waals surface area (Å²) in [4.78, 5) is 16.9. The van der Waals surface area contributed by atoms with E-state index < -0.39 is 5.60 Å². The molecule has 1 aromatic rings. The first-order valence-corrected chi connectivity index (χ1v) is 9.17. The van der Waals surface area contributed by atoms with E-state index in [-0.39, 0.29) is 5.91 Å². The van der Waals surface area contributed by atoms with Crippen LogP contribution in [0.25, 0.3) is 0 Å². The zero-order valence-corrected chi connectivity index (χ0v) is 16.0. The lowest BCUT2D eigenvalue weighted by molar-refractivity contribution is -0.140. The van der Waals surface area contributed by atoms with Gasteiger partial charge in [0.05, 0.1) is 18.5 Å². The molecule has 0 aliphatic carbocycles. The van der Waals surface area contributed by atoms with Crippen LogP contribution in [0.2, 0.25) is 0 Å². The second-order valence-corrected chi connectivity index (χ2v) is 6.07. The SMILES string of the molecule is CCCC[C@@](C)(OCCC)C(=O)Nc1ccc(OCCOCC)nc1. The van der Waals surface area contributed by atoms with E-state index in [0.29, 0.717) is 44.4 Å². The predicted octanol–water partition coefficient (Wildman–Crippen LogP) is 3.81. The summed E-state index contributed by atoms with van der Waals surface area (Å²) in [7, 11) is 0. The van der Waals surface area contributed by atoms with Crippen molar-refractivity contribution in [2.75, 3.05) is 31.7 Å². The van der Waals surface area contributed by atoms with Crippen LogP contribution in [-0.2, 0) is 14.3 Å². The summed E-state index contributed by atoms with van der Waals surface area (Å²) in [6.45, 7) is 10.1. The van der Waals surface area contributed by atoms with E-state index in [4.69, 9.17) is 14.2 Å². The lowest BCUT2D eigenvalue weighted by Crippen LogP contribution is -2.43. The van der Waals surface area contributed by atoms with Gasteiger partial charge in [0.2, 0.25) is 5.88 Å². The Balaban J connectivity index is 2.60. The Morgan fingerprint density at radius 2 is 1.96 bits per heavy atom. The van der Waals surface area contributed by atoms with Gasteiger partial charge in [-0.05, 0) is 32.8 Å². The summed E-state index contributed by atoms with van der Waals surface area (Å²) in [5.41, 5.74) is -0.191. The zero-order chi connectivity index (χ0) is 18.5. The summed E-state index contributed by atoms with van der Waals surface area (Å²) >= 11 is 0. The average Bonchev–Trinajstić information content (AvgIpc) is 2.63. The number of anilines is 1. The smallest absolute Gasteiger partial charge is 0.256 e. The molecule has 6 heteroatoms. The van der Waals surface area contributed by atoms with E-state index >= 15 is 0 Å². The highest BCUT2D eigenvalue weighted by atomic mass is 16.5. The van der Waals surface area contributed by atoms with Crippen LogP contribution in [0.5, 0.6) is 5.88 Å². The van der Waals surface area contributed by atoms with Crippen molar-refractivity contribution in [3.8, 4) is 5.88 Å². The van der Waals surface area contributed by atoms with Crippen molar-refractivity contribution in [2.45, 2.75) is 59.0 Å². The Labute approximate surface area is 151 Å². The molecule has 0 aliphatic heterocycles. The molecule has 0 fully saturated rings. The molecular formula is C19H32N2O4. The molecule has 0 unspecified atom stereocenters. The van der Waals surface area contributed by atoms with Crippen molar-refractivity contribution in [1.82, 2.24) is 4.98 Å². The van der Waals surface area contributed by atoms with Crippen molar-refractivity contribution in [3.05, 3.63) is 18.3 Å². The van der Waals surface area contributed by atoms with Crippen LogP contribution in [0.15, 0.2) is 18.3 Å². The topological polar surface area (TPSA) is 69.7 Å². The number of nitrogens with zero attached hydrogens (tertiary/aromatic N) is 1. The quantitative estimate of drug-likeness (QED) is 0.547. The zero-order valence-electron chi connectivity index (χ0n) is 16.0. The van der Waals surface area contributed by atoms with E-state index in [1.807, 2.05) is 20.8 Å². The summed E-state index contributed by atoms with van der Waals surface area (Å²) < 4.78 is 16.5. The normalized spacial score (nSPS) is 13.3. The van der Waals surface area contributed by atoms with Gasteiger partial charge in [-0.2, -0.15) is 0 Å². The molecule has 1 rings (SSSR count). The van der Waals surface area contributed by atoms with Crippen LogP contribution >= 0.6 is 0 Å². The van der Waals surface area contributed by atoms with E-state index in [2.05, 4.69) is 17.2 Å². The molecule has 1 aromatic heterocycles. The van der Waals surface area contributed by atoms with E-state index in [9.17, 15) is 4.79 Å². The molecule has 0 radical (unpaired) electrons. The number of amides is 1. The monoisotopic (exact) mass is 352 g/mol. The fourth-order valence-electron chi connectivity index (χ4n) is 2.25. The number of hydrogen-bond donors (Lipinski definition) is 1. The number of nitrogens with one attached hydrogen (secondary N) is 1. The Kier molecular flexibility index (Phi) is 10.1. The molecule has 1 amide bonds. The van der Waals surface area contributed by atoms with Gasteiger partial charge in [0.1, 0.15) is 12.2 Å². The van der Waals surface area contributed by atoms with Gasteiger partial charge < -0.3 is 19.5 Å². The lowest BCUT2D eigenvalue weighted by atomic mass is 9.97. The van der Waals surface area contributed by atoms with Crippen LogP contribution in [0.4, 0.5) is 5.69 Å². The molecule has 1 atom stereocenters. The highest BCUT2D eigenvalue weighted by molar-refractivity contribution is 5.96. The Hall–Kier alpha value is -1.66. The van der Waals surface area contributed by atoms with Gasteiger partial charge in [-0.15, -0.1) is 0 Å². The molecular weight excluding hydrogens is 320 g/mol. The fourth-order valence-corrected chi connectivity index (χ4v) is 2.25. The second kappa shape index (κ2) is 11.8. The Bertz CT molecular complexity index is 483. The van der Waals surface area contributed by atoms with Crippen LogP contribution < -0.4 is 10.1 Å². The Morgan fingerprint density at radius 1 is 1.16 bits per heavy atom. The second-order valence-electron chi connectivity index (χ2n) is 6.07. The molecule has 0 bridgehead atoms. The number of ether oxygens (including phenoxy) is 3. The third-order valence-corrected chi connectivity index (χ3v) is 3.79. The van der Waals surface area contributed by atoms with Gasteiger partial charge in [0.15, 0.2) is 0 Å². The lowest BCUT2D eigenvalue weighted by Gasteiger charge is -2.28. The van der Waals surface area contributed by atoms with Gasteiger partial charge >= 0.3 is 0 Å². The summed E-state index contributed by atoms with van der Waals surface area (Å²) in [5.74, 6) is 0.370. The highest BCUT2D eigenvalue weighted by Crippen LogP contribution is 2.22. The Morgan fingerprint density at radius 3 is 2.56 bits per heavy atom. The standard InChI is InChI=1S/C19H32N2O4/c1-5-8-11-19(4,25-12-6-2)18(22)21-16-9-10-17(20-15-16)24-14-13-23-7-3/h9-10,15H,5-8,11-14H2,1-4H3,(H,21,22)/t19-/m1/s1. The number of rotatable bonds is 13. The first kappa shape index (κ1) is 21.4. The van der Waals surface area contributed by atoms with Crippen LogP contribution in [0, 0.1) is 0 Å². The third-order valence-electron chi connectivity index (χ3n) is 3.79. The molecule has 6 nitrogen and oxygen atoms in total. The molecule has 1 N–H and O–H groups in total. The number of hydrogen-bond acceptors (Lipinski definition) is 5. The fraction of sp³-hybridized carbons (Fsp3) is 0.684. The number of aromatic nitrogens is 1. The van der Waals surface area contributed by atoms with Crippen LogP contribution in [0.1, 0.15) is 53.4 Å². The van der Waals surface area contributed by atoms with Crippen molar-refractivity contribution < 1.29 is 19.0 Å². The third kappa shape index (κ3) is 7.84. The van der Waals surface area contributed by atoms with Crippen LogP contribution in [0.3, 0.4) is 0 Å². The first-order chi connectivity index (χ1) is 12.1. The number of unbranched alkanes of at least 4 members (excludes halogenated alkanes) is 1. The largest absolute Gasteiger partial charge is 0.475 e. The van der Waals surface area contributed by atoms with E-state index in [0.717, 1.165) is 19.3 Å². The van der Waals surface area contributed by atoms with Gasteiger partial charge in [0, 0.05) is 19.3 Å². The molecule has 0 saturated heterocycles. The minimum absolute atomic E-state index is 0.138.